The monoisotopic (exact) mass is 398 g/mol. The first-order valence-corrected chi connectivity index (χ1v) is 11.6. The van der Waals surface area contributed by atoms with Gasteiger partial charge in [-0.05, 0) is 29.6 Å². The first-order chi connectivity index (χ1) is 13.1. The molecule has 0 aromatic carbocycles. The topological polar surface area (TPSA) is 74.6 Å². The highest BCUT2D eigenvalue weighted by Gasteiger charge is 2.52. The molecule has 0 aromatic rings. The molecule has 0 aliphatic rings. The molecular formula is C24H46O4. The molecule has 0 amide bonds. The van der Waals surface area contributed by atoms with Crippen molar-refractivity contribution < 1.29 is 19.8 Å². The number of carboxylic acid groups (broad SMARTS) is 2. The quantitative estimate of drug-likeness (QED) is 0.278. The molecule has 28 heavy (non-hydrogen) atoms. The number of rotatable bonds is 16. The maximum absolute atomic E-state index is 12.5. The van der Waals surface area contributed by atoms with Crippen molar-refractivity contribution in [3.05, 3.63) is 0 Å². The van der Waals surface area contributed by atoms with Crippen LogP contribution in [0.5, 0.6) is 0 Å². The number of aliphatic carboxylic acids is 2. The van der Waals surface area contributed by atoms with Crippen molar-refractivity contribution >= 4 is 11.9 Å². The van der Waals surface area contributed by atoms with Gasteiger partial charge in [0.15, 0.2) is 0 Å². The van der Waals surface area contributed by atoms with E-state index in [-0.39, 0.29) is 17.8 Å². The molecule has 0 radical (unpaired) electrons. The van der Waals surface area contributed by atoms with Gasteiger partial charge in [0.2, 0.25) is 0 Å². The Hall–Kier alpha value is -1.06. The fourth-order valence-corrected chi connectivity index (χ4v) is 5.25. The lowest BCUT2D eigenvalue weighted by Crippen LogP contribution is -2.49. The van der Waals surface area contributed by atoms with Gasteiger partial charge < -0.3 is 10.2 Å². The van der Waals surface area contributed by atoms with Gasteiger partial charge in [-0.2, -0.15) is 0 Å². The van der Waals surface area contributed by atoms with Gasteiger partial charge in [-0.15, -0.1) is 0 Å². The number of hydrogen-bond acceptors (Lipinski definition) is 2. The van der Waals surface area contributed by atoms with Gasteiger partial charge in [-0.1, -0.05) is 99.8 Å². The lowest BCUT2D eigenvalue weighted by Gasteiger charge is -2.46. The van der Waals surface area contributed by atoms with Crippen molar-refractivity contribution in [2.75, 3.05) is 0 Å². The zero-order valence-corrected chi connectivity index (χ0v) is 19.5. The van der Waals surface area contributed by atoms with E-state index in [1.807, 2.05) is 27.7 Å². The summed E-state index contributed by atoms with van der Waals surface area (Å²) in [6.07, 6.45) is 9.13. The fraction of sp³-hybridized carbons (Fsp3) is 0.917. The highest BCUT2D eigenvalue weighted by atomic mass is 16.4. The molecule has 4 heteroatoms. The van der Waals surface area contributed by atoms with Crippen LogP contribution in [0.4, 0.5) is 0 Å². The molecule has 0 spiro atoms. The van der Waals surface area contributed by atoms with Crippen LogP contribution in [0.25, 0.3) is 0 Å². The molecule has 6 atom stereocenters. The Labute approximate surface area is 173 Å². The second-order valence-electron chi connectivity index (χ2n) is 9.13. The van der Waals surface area contributed by atoms with E-state index in [0.717, 1.165) is 25.7 Å². The molecule has 0 saturated heterocycles. The normalized spacial score (nSPS) is 19.2. The van der Waals surface area contributed by atoms with Crippen LogP contribution >= 0.6 is 0 Å². The smallest absolute Gasteiger partial charge is 0.307 e. The van der Waals surface area contributed by atoms with Crippen molar-refractivity contribution in [3.63, 3.8) is 0 Å². The Balaban J connectivity index is 5.69. The minimum Gasteiger partial charge on any atom is -0.481 e. The van der Waals surface area contributed by atoms with Crippen LogP contribution < -0.4 is 0 Å². The molecule has 4 nitrogen and oxygen atoms in total. The number of unbranched alkanes of at least 4 members (excludes halogenated alkanes) is 4. The maximum Gasteiger partial charge on any atom is 0.307 e. The Morgan fingerprint density at radius 1 is 0.786 bits per heavy atom. The van der Waals surface area contributed by atoms with Crippen molar-refractivity contribution in [2.45, 2.75) is 106 Å². The molecular weight excluding hydrogens is 352 g/mol. The van der Waals surface area contributed by atoms with Crippen LogP contribution in [0, 0.1) is 35.0 Å². The number of hydrogen-bond donors (Lipinski definition) is 2. The third-order valence-corrected chi connectivity index (χ3v) is 7.32. The molecule has 0 saturated carbocycles. The predicted octanol–water partition coefficient (Wildman–Crippen LogP) is 6.87. The van der Waals surface area contributed by atoms with Gasteiger partial charge >= 0.3 is 11.9 Å². The summed E-state index contributed by atoms with van der Waals surface area (Å²) in [4.78, 5) is 24.7. The lowest BCUT2D eigenvalue weighted by molar-refractivity contribution is -0.163. The predicted molar refractivity (Wildman–Crippen MR) is 116 cm³/mol. The van der Waals surface area contributed by atoms with Crippen molar-refractivity contribution in [3.8, 4) is 0 Å². The van der Waals surface area contributed by atoms with E-state index >= 15 is 0 Å². The zero-order valence-electron chi connectivity index (χ0n) is 19.5. The highest BCUT2D eigenvalue weighted by Crippen LogP contribution is 2.49. The van der Waals surface area contributed by atoms with Crippen LogP contribution in [0.15, 0.2) is 0 Å². The molecule has 0 aliphatic carbocycles. The third kappa shape index (κ3) is 7.08. The second kappa shape index (κ2) is 13.2. The Bertz CT molecular complexity index is 462. The van der Waals surface area contributed by atoms with Gasteiger partial charge in [0.1, 0.15) is 0 Å². The molecule has 166 valence electrons. The van der Waals surface area contributed by atoms with Crippen LogP contribution in [-0.2, 0) is 9.59 Å². The molecule has 2 N–H and O–H groups in total. The molecule has 0 fully saturated rings. The SMILES string of the molecule is CCCCCCCC(C)C(CC)C(C(=O)O)C(C)(CC)C(C(=O)O)C(C)CC. The van der Waals surface area contributed by atoms with Crippen molar-refractivity contribution in [1.29, 1.82) is 0 Å². The lowest BCUT2D eigenvalue weighted by atomic mass is 9.56. The van der Waals surface area contributed by atoms with E-state index in [4.69, 9.17) is 0 Å². The van der Waals surface area contributed by atoms with Crippen LogP contribution in [0.3, 0.4) is 0 Å². The second-order valence-corrected chi connectivity index (χ2v) is 9.13. The molecule has 0 rings (SSSR count). The van der Waals surface area contributed by atoms with Crippen LogP contribution in [-0.4, -0.2) is 22.2 Å². The fourth-order valence-electron chi connectivity index (χ4n) is 5.25. The average Bonchev–Trinajstić information content (AvgIpc) is 2.64. The molecule has 0 bridgehead atoms. The summed E-state index contributed by atoms with van der Waals surface area (Å²) in [6, 6.07) is 0. The van der Waals surface area contributed by atoms with Crippen molar-refractivity contribution in [1.82, 2.24) is 0 Å². The van der Waals surface area contributed by atoms with E-state index in [2.05, 4.69) is 20.8 Å². The van der Waals surface area contributed by atoms with Crippen molar-refractivity contribution in [2.24, 2.45) is 35.0 Å². The van der Waals surface area contributed by atoms with Crippen LogP contribution in [0.2, 0.25) is 0 Å². The standard InChI is InChI=1S/C24H46O4/c1-8-12-13-14-15-16-18(6)19(10-3)21(23(27)28)24(7,11-4)20(22(25)26)17(5)9-2/h17-21H,8-16H2,1-7H3,(H,25,26)(H,27,28). The Kier molecular flexibility index (Phi) is 12.7. The largest absolute Gasteiger partial charge is 0.481 e. The zero-order chi connectivity index (χ0) is 21.9. The Morgan fingerprint density at radius 2 is 1.32 bits per heavy atom. The minimum absolute atomic E-state index is 0.000434. The summed E-state index contributed by atoms with van der Waals surface area (Å²) in [5.74, 6) is -2.73. The molecule has 0 aliphatic heterocycles. The molecule has 6 unspecified atom stereocenters. The van der Waals surface area contributed by atoms with E-state index in [9.17, 15) is 19.8 Å². The summed E-state index contributed by atoms with van der Waals surface area (Å²) in [5, 5.41) is 20.2. The molecule has 0 heterocycles. The average molecular weight is 399 g/mol. The Morgan fingerprint density at radius 3 is 1.71 bits per heavy atom. The van der Waals surface area contributed by atoms with E-state index in [0.29, 0.717) is 6.42 Å². The van der Waals surface area contributed by atoms with Gasteiger partial charge in [0.05, 0.1) is 11.8 Å². The van der Waals surface area contributed by atoms with E-state index in [1.165, 1.54) is 25.7 Å². The van der Waals surface area contributed by atoms with Gasteiger partial charge in [0, 0.05) is 0 Å². The van der Waals surface area contributed by atoms with Crippen LogP contribution in [0.1, 0.15) is 106 Å². The van der Waals surface area contributed by atoms with Gasteiger partial charge in [0.25, 0.3) is 0 Å². The highest BCUT2D eigenvalue weighted by molar-refractivity contribution is 5.76. The maximum atomic E-state index is 12.5. The molecule has 0 aromatic heterocycles. The number of carboxylic acids is 2. The summed E-state index contributed by atoms with van der Waals surface area (Å²) >= 11 is 0. The first-order valence-electron chi connectivity index (χ1n) is 11.6. The van der Waals surface area contributed by atoms with Gasteiger partial charge in [-0.3, -0.25) is 9.59 Å². The third-order valence-electron chi connectivity index (χ3n) is 7.32. The van der Waals surface area contributed by atoms with Gasteiger partial charge in [-0.25, -0.2) is 0 Å². The van der Waals surface area contributed by atoms with E-state index < -0.39 is 29.2 Å². The summed E-state index contributed by atoms with van der Waals surface area (Å²) in [5.41, 5.74) is -0.760. The summed E-state index contributed by atoms with van der Waals surface area (Å²) < 4.78 is 0. The summed E-state index contributed by atoms with van der Waals surface area (Å²) in [7, 11) is 0. The first kappa shape index (κ1) is 26.9. The van der Waals surface area contributed by atoms with E-state index in [1.54, 1.807) is 0 Å². The number of carbonyl (C=O) groups is 2. The summed E-state index contributed by atoms with van der Waals surface area (Å²) in [6.45, 7) is 14.2. The minimum atomic E-state index is -0.855.